The van der Waals surface area contributed by atoms with E-state index in [1.54, 1.807) is 6.07 Å². The molecule has 1 saturated heterocycles. The van der Waals surface area contributed by atoms with Gasteiger partial charge in [0.15, 0.2) is 0 Å². The summed E-state index contributed by atoms with van der Waals surface area (Å²) in [7, 11) is 2.09. The van der Waals surface area contributed by atoms with Gasteiger partial charge in [0.1, 0.15) is 11.5 Å². The molecule has 0 aliphatic carbocycles. The molecular weight excluding hydrogens is 266 g/mol. The summed E-state index contributed by atoms with van der Waals surface area (Å²) in [5.41, 5.74) is 6.10. The number of primary amides is 1. The van der Waals surface area contributed by atoms with Gasteiger partial charge in [-0.2, -0.15) is 0 Å². The minimum Gasteiger partial charge on any atom is -0.370 e. The Hall–Kier alpha value is -1.24. The van der Waals surface area contributed by atoms with Gasteiger partial charge in [-0.25, -0.2) is 9.97 Å². The summed E-state index contributed by atoms with van der Waals surface area (Å²) >= 11 is 5.89. The summed E-state index contributed by atoms with van der Waals surface area (Å²) in [5, 5.41) is 0.383. The van der Waals surface area contributed by atoms with Crippen LogP contribution in [0.2, 0.25) is 5.15 Å². The second-order valence-electron chi connectivity index (χ2n) is 4.79. The van der Waals surface area contributed by atoms with Gasteiger partial charge in [-0.3, -0.25) is 9.69 Å². The van der Waals surface area contributed by atoms with Crippen molar-refractivity contribution in [2.75, 3.05) is 33.2 Å². The fraction of sp³-hybridized carbons (Fsp3) is 0.583. The summed E-state index contributed by atoms with van der Waals surface area (Å²) in [6.45, 7) is 3.70. The molecule has 0 spiro atoms. The van der Waals surface area contributed by atoms with Gasteiger partial charge >= 0.3 is 0 Å². The van der Waals surface area contributed by atoms with Gasteiger partial charge in [0.05, 0.1) is 11.7 Å². The molecule has 1 amide bonds. The molecule has 1 aliphatic rings. The molecule has 0 aromatic carbocycles. The molecule has 1 aromatic heterocycles. The molecule has 6 nitrogen and oxygen atoms in total. The lowest BCUT2D eigenvalue weighted by molar-refractivity contribution is -0.119. The number of hydrogen-bond donors (Lipinski definition) is 1. The van der Waals surface area contributed by atoms with Gasteiger partial charge in [-0.05, 0) is 13.1 Å². The Balaban J connectivity index is 2.18. The first-order valence-electron chi connectivity index (χ1n) is 6.24. The predicted octanol–water partition coefficient (Wildman–Crippen LogP) is 0.294. The first kappa shape index (κ1) is 14.2. The van der Waals surface area contributed by atoms with Crippen LogP contribution in [-0.2, 0) is 4.79 Å². The molecular formula is C12H18ClN5O. The Kier molecular flexibility index (Phi) is 4.68. The third-order valence-electron chi connectivity index (χ3n) is 3.37. The quantitative estimate of drug-likeness (QED) is 0.804. The van der Waals surface area contributed by atoms with E-state index >= 15 is 0 Å². The first-order chi connectivity index (χ1) is 9.06. The minimum atomic E-state index is -0.335. The number of carbonyl (C=O) groups is 1. The average Bonchev–Trinajstić information content (AvgIpc) is 2.37. The van der Waals surface area contributed by atoms with E-state index in [4.69, 9.17) is 17.3 Å². The van der Waals surface area contributed by atoms with Crippen LogP contribution in [0.5, 0.6) is 0 Å². The molecule has 0 saturated carbocycles. The van der Waals surface area contributed by atoms with E-state index in [-0.39, 0.29) is 18.4 Å². The highest BCUT2D eigenvalue weighted by Gasteiger charge is 2.26. The van der Waals surface area contributed by atoms with Crippen molar-refractivity contribution in [3.63, 3.8) is 0 Å². The summed E-state index contributed by atoms with van der Waals surface area (Å²) < 4.78 is 0. The fourth-order valence-electron chi connectivity index (χ4n) is 2.27. The smallest absolute Gasteiger partial charge is 0.219 e. The Bertz CT molecular complexity index is 448. The molecule has 0 radical (unpaired) electrons. The highest BCUT2D eigenvalue weighted by molar-refractivity contribution is 6.29. The minimum absolute atomic E-state index is 0.119. The number of nitrogens with zero attached hydrogens (tertiary/aromatic N) is 4. The van der Waals surface area contributed by atoms with Crippen molar-refractivity contribution in [2.24, 2.45) is 5.73 Å². The molecule has 2 rings (SSSR count). The fourth-order valence-corrected chi connectivity index (χ4v) is 2.43. The van der Waals surface area contributed by atoms with Gasteiger partial charge in [-0.1, -0.05) is 11.6 Å². The maximum absolute atomic E-state index is 11.3. The number of rotatable bonds is 4. The standard InChI is InChI=1S/C12H18ClN5O/c1-17-2-4-18(5-3-17)10(7-12(14)19)9-6-11(13)16-8-15-9/h6,8,10H,2-5,7H2,1H3,(H2,14,19). The first-order valence-corrected chi connectivity index (χ1v) is 6.62. The number of hydrogen-bond acceptors (Lipinski definition) is 5. The molecule has 7 heteroatoms. The summed E-state index contributed by atoms with van der Waals surface area (Å²) in [5.74, 6) is -0.335. The Morgan fingerprint density at radius 3 is 2.68 bits per heavy atom. The van der Waals surface area contributed by atoms with E-state index in [1.807, 2.05) is 0 Å². The van der Waals surface area contributed by atoms with Gasteiger partial charge in [0.2, 0.25) is 5.91 Å². The zero-order chi connectivity index (χ0) is 13.8. The second kappa shape index (κ2) is 6.27. The number of amides is 1. The van der Waals surface area contributed by atoms with Gasteiger partial charge in [0, 0.05) is 32.6 Å². The lowest BCUT2D eigenvalue weighted by Gasteiger charge is -2.37. The van der Waals surface area contributed by atoms with Crippen LogP contribution in [0.3, 0.4) is 0 Å². The van der Waals surface area contributed by atoms with E-state index < -0.39 is 0 Å². The van der Waals surface area contributed by atoms with Gasteiger partial charge < -0.3 is 10.6 Å². The van der Waals surface area contributed by atoms with Crippen molar-refractivity contribution in [2.45, 2.75) is 12.5 Å². The highest BCUT2D eigenvalue weighted by Crippen LogP contribution is 2.24. The van der Waals surface area contributed by atoms with Crippen molar-refractivity contribution >= 4 is 17.5 Å². The zero-order valence-corrected chi connectivity index (χ0v) is 11.7. The zero-order valence-electron chi connectivity index (χ0n) is 10.9. The Labute approximate surface area is 117 Å². The van der Waals surface area contributed by atoms with Crippen LogP contribution in [0.1, 0.15) is 18.2 Å². The lowest BCUT2D eigenvalue weighted by Crippen LogP contribution is -2.46. The lowest BCUT2D eigenvalue weighted by atomic mass is 10.1. The largest absolute Gasteiger partial charge is 0.370 e. The van der Waals surface area contributed by atoms with E-state index in [0.717, 1.165) is 31.9 Å². The van der Waals surface area contributed by atoms with Crippen LogP contribution in [0.25, 0.3) is 0 Å². The highest BCUT2D eigenvalue weighted by atomic mass is 35.5. The van der Waals surface area contributed by atoms with Crippen LogP contribution < -0.4 is 5.73 Å². The number of halogens is 1. The number of likely N-dealkylation sites (N-methyl/N-ethyl adjacent to an activating group) is 1. The van der Waals surface area contributed by atoms with Crippen LogP contribution in [-0.4, -0.2) is 58.9 Å². The maximum atomic E-state index is 11.3. The molecule has 19 heavy (non-hydrogen) atoms. The number of piperazine rings is 1. The van der Waals surface area contributed by atoms with Crippen molar-refractivity contribution in [3.8, 4) is 0 Å². The van der Waals surface area contributed by atoms with Crippen molar-refractivity contribution < 1.29 is 4.79 Å². The van der Waals surface area contributed by atoms with E-state index in [1.165, 1.54) is 6.33 Å². The average molecular weight is 284 g/mol. The summed E-state index contributed by atoms with van der Waals surface area (Å²) in [6.07, 6.45) is 1.67. The van der Waals surface area contributed by atoms with Crippen LogP contribution >= 0.6 is 11.6 Å². The Morgan fingerprint density at radius 1 is 1.42 bits per heavy atom. The molecule has 2 N–H and O–H groups in total. The molecule has 1 aromatic rings. The van der Waals surface area contributed by atoms with E-state index in [9.17, 15) is 4.79 Å². The van der Waals surface area contributed by atoms with Crippen LogP contribution in [0.4, 0.5) is 0 Å². The predicted molar refractivity (Wildman–Crippen MR) is 72.7 cm³/mol. The topological polar surface area (TPSA) is 75.3 Å². The molecule has 1 fully saturated rings. The van der Waals surface area contributed by atoms with Crippen molar-refractivity contribution in [3.05, 3.63) is 23.2 Å². The van der Waals surface area contributed by atoms with Gasteiger partial charge in [0.25, 0.3) is 0 Å². The van der Waals surface area contributed by atoms with Gasteiger partial charge in [-0.15, -0.1) is 0 Å². The summed E-state index contributed by atoms with van der Waals surface area (Å²) in [4.78, 5) is 23.9. The summed E-state index contributed by atoms with van der Waals surface area (Å²) in [6, 6.07) is 1.58. The number of carbonyl (C=O) groups excluding carboxylic acids is 1. The molecule has 0 bridgehead atoms. The Morgan fingerprint density at radius 2 is 2.11 bits per heavy atom. The third-order valence-corrected chi connectivity index (χ3v) is 3.58. The number of aromatic nitrogens is 2. The number of nitrogens with two attached hydrogens (primary N) is 1. The maximum Gasteiger partial charge on any atom is 0.219 e. The third kappa shape index (κ3) is 3.86. The van der Waals surface area contributed by atoms with Crippen molar-refractivity contribution in [1.82, 2.24) is 19.8 Å². The van der Waals surface area contributed by atoms with Crippen LogP contribution in [0.15, 0.2) is 12.4 Å². The SMILES string of the molecule is CN1CCN(C(CC(N)=O)c2cc(Cl)ncn2)CC1. The van der Waals surface area contributed by atoms with Crippen LogP contribution in [0, 0.1) is 0 Å². The van der Waals surface area contributed by atoms with Crippen molar-refractivity contribution in [1.29, 1.82) is 0 Å². The normalized spacial score (nSPS) is 19.3. The molecule has 1 aliphatic heterocycles. The molecule has 2 heterocycles. The van der Waals surface area contributed by atoms with E-state index in [0.29, 0.717) is 5.15 Å². The molecule has 1 atom stereocenters. The second-order valence-corrected chi connectivity index (χ2v) is 5.18. The van der Waals surface area contributed by atoms with E-state index in [2.05, 4.69) is 26.8 Å². The molecule has 1 unspecified atom stereocenters. The monoisotopic (exact) mass is 283 g/mol. The molecule has 104 valence electrons.